The van der Waals surface area contributed by atoms with E-state index in [1.54, 1.807) is 13.0 Å². The first-order chi connectivity index (χ1) is 9.60. The van der Waals surface area contributed by atoms with Crippen LogP contribution in [0.5, 0.6) is 5.75 Å². The van der Waals surface area contributed by atoms with Crippen molar-refractivity contribution in [1.82, 2.24) is 4.98 Å². The molecule has 0 atom stereocenters. The molecule has 0 aliphatic rings. The van der Waals surface area contributed by atoms with Gasteiger partial charge in [-0.2, -0.15) is 0 Å². The number of phenols is 1. The molecular formula is C14H14FNO3S. The van der Waals surface area contributed by atoms with Gasteiger partial charge >= 0.3 is 5.97 Å². The maximum Gasteiger partial charge on any atom is 0.306 e. The molecule has 20 heavy (non-hydrogen) atoms. The SMILES string of the molecule is CCOC(=O)CCc1csc(-c2ccc(O)c(F)c2)n1. The summed E-state index contributed by atoms with van der Waals surface area (Å²) >= 11 is 1.37. The zero-order valence-electron chi connectivity index (χ0n) is 10.9. The number of aromatic hydroxyl groups is 1. The maximum absolute atomic E-state index is 13.3. The molecule has 0 unspecified atom stereocenters. The summed E-state index contributed by atoms with van der Waals surface area (Å²) in [4.78, 5) is 15.6. The second kappa shape index (κ2) is 6.47. The van der Waals surface area contributed by atoms with Gasteiger partial charge in [-0.1, -0.05) is 0 Å². The van der Waals surface area contributed by atoms with E-state index in [9.17, 15) is 9.18 Å². The number of benzene rings is 1. The van der Waals surface area contributed by atoms with E-state index in [-0.39, 0.29) is 18.1 Å². The first kappa shape index (κ1) is 14.5. The predicted octanol–water partition coefficient (Wildman–Crippen LogP) is 3.15. The van der Waals surface area contributed by atoms with Crippen molar-refractivity contribution in [2.24, 2.45) is 0 Å². The average Bonchev–Trinajstić information content (AvgIpc) is 2.89. The van der Waals surface area contributed by atoms with Crippen molar-refractivity contribution in [2.45, 2.75) is 19.8 Å². The summed E-state index contributed by atoms with van der Waals surface area (Å²) < 4.78 is 18.1. The number of hydrogen-bond acceptors (Lipinski definition) is 5. The molecular weight excluding hydrogens is 281 g/mol. The molecule has 0 amide bonds. The highest BCUT2D eigenvalue weighted by Crippen LogP contribution is 2.27. The molecule has 0 aliphatic carbocycles. The molecule has 0 spiro atoms. The Kier molecular flexibility index (Phi) is 4.68. The number of hydrogen-bond donors (Lipinski definition) is 1. The number of rotatable bonds is 5. The number of carbonyl (C=O) groups is 1. The van der Waals surface area contributed by atoms with Gasteiger partial charge in [-0.25, -0.2) is 9.37 Å². The van der Waals surface area contributed by atoms with Crippen LogP contribution in [-0.2, 0) is 16.0 Å². The third-order valence-electron chi connectivity index (χ3n) is 2.64. The minimum absolute atomic E-state index is 0.252. The highest BCUT2D eigenvalue weighted by atomic mass is 32.1. The Labute approximate surface area is 119 Å². The number of nitrogens with zero attached hydrogens (tertiary/aromatic N) is 1. The van der Waals surface area contributed by atoms with E-state index in [0.29, 0.717) is 23.6 Å². The molecule has 0 fully saturated rings. The lowest BCUT2D eigenvalue weighted by atomic mass is 10.2. The van der Waals surface area contributed by atoms with Crippen molar-refractivity contribution < 1.29 is 19.0 Å². The summed E-state index contributed by atoms with van der Waals surface area (Å²) in [5, 5.41) is 11.6. The molecule has 0 saturated carbocycles. The molecule has 1 aromatic carbocycles. The largest absolute Gasteiger partial charge is 0.505 e. The predicted molar refractivity (Wildman–Crippen MR) is 74.1 cm³/mol. The smallest absolute Gasteiger partial charge is 0.306 e. The fraction of sp³-hybridized carbons (Fsp3) is 0.286. The van der Waals surface area contributed by atoms with E-state index in [1.165, 1.54) is 23.5 Å². The third-order valence-corrected chi connectivity index (χ3v) is 3.58. The first-order valence-electron chi connectivity index (χ1n) is 6.19. The number of carbonyl (C=O) groups excluding carboxylic acids is 1. The summed E-state index contributed by atoms with van der Waals surface area (Å²) in [6, 6.07) is 4.14. The van der Waals surface area contributed by atoms with Gasteiger partial charge in [-0.15, -0.1) is 11.3 Å². The molecule has 2 rings (SSSR count). The van der Waals surface area contributed by atoms with Crippen LogP contribution in [0, 0.1) is 5.82 Å². The van der Waals surface area contributed by atoms with Gasteiger partial charge in [0.2, 0.25) is 0 Å². The number of halogens is 1. The highest BCUT2D eigenvalue weighted by molar-refractivity contribution is 7.13. The number of phenolic OH excluding ortho intramolecular Hbond substituents is 1. The van der Waals surface area contributed by atoms with E-state index in [0.717, 1.165) is 5.69 Å². The van der Waals surface area contributed by atoms with Gasteiger partial charge in [-0.3, -0.25) is 4.79 Å². The van der Waals surface area contributed by atoms with Crippen LogP contribution in [0.15, 0.2) is 23.6 Å². The molecule has 1 heterocycles. The Bertz CT molecular complexity index is 612. The maximum atomic E-state index is 13.3. The van der Waals surface area contributed by atoms with Crippen LogP contribution in [0.2, 0.25) is 0 Å². The molecule has 0 aliphatic heterocycles. The molecule has 4 nitrogen and oxygen atoms in total. The monoisotopic (exact) mass is 295 g/mol. The van der Waals surface area contributed by atoms with E-state index < -0.39 is 5.82 Å². The van der Waals surface area contributed by atoms with Gasteiger partial charge in [0.1, 0.15) is 5.01 Å². The van der Waals surface area contributed by atoms with Crippen molar-refractivity contribution in [3.63, 3.8) is 0 Å². The summed E-state index contributed by atoms with van der Waals surface area (Å²) in [5.41, 5.74) is 1.37. The molecule has 0 saturated heterocycles. The lowest BCUT2D eigenvalue weighted by Gasteiger charge is -2.00. The average molecular weight is 295 g/mol. The zero-order valence-corrected chi connectivity index (χ0v) is 11.7. The van der Waals surface area contributed by atoms with Crippen LogP contribution in [-0.4, -0.2) is 22.7 Å². The van der Waals surface area contributed by atoms with Crippen molar-refractivity contribution >= 4 is 17.3 Å². The third kappa shape index (κ3) is 3.54. The van der Waals surface area contributed by atoms with Gasteiger partial charge in [0.05, 0.1) is 18.7 Å². The van der Waals surface area contributed by atoms with Crippen LogP contribution < -0.4 is 0 Å². The molecule has 6 heteroatoms. The summed E-state index contributed by atoms with van der Waals surface area (Å²) in [6.07, 6.45) is 0.775. The number of thiazole rings is 1. The molecule has 1 aromatic heterocycles. The quantitative estimate of drug-likeness (QED) is 0.861. The number of aryl methyl sites for hydroxylation is 1. The first-order valence-corrected chi connectivity index (χ1v) is 7.07. The van der Waals surface area contributed by atoms with Gasteiger partial charge in [-0.05, 0) is 25.1 Å². The van der Waals surface area contributed by atoms with Crippen molar-refractivity contribution in [3.8, 4) is 16.3 Å². The molecule has 0 radical (unpaired) electrons. The fourth-order valence-corrected chi connectivity index (χ4v) is 2.51. The van der Waals surface area contributed by atoms with Crippen molar-refractivity contribution in [3.05, 3.63) is 35.1 Å². The second-order valence-electron chi connectivity index (χ2n) is 4.12. The van der Waals surface area contributed by atoms with Crippen LogP contribution in [0.4, 0.5) is 4.39 Å². The Morgan fingerprint density at radius 2 is 2.30 bits per heavy atom. The van der Waals surface area contributed by atoms with Gasteiger partial charge in [0.15, 0.2) is 11.6 Å². The molecule has 2 aromatic rings. The second-order valence-corrected chi connectivity index (χ2v) is 4.97. The molecule has 106 valence electrons. The van der Waals surface area contributed by atoms with Crippen LogP contribution in [0.1, 0.15) is 19.0 Å². The van der Waals surface area contributed by atoms with E-state index in [1.807, 2.05) is 5.38 Å². The van der Waals surface area contributed by atoms with E-state index in [4.69, 9.17) is 9.84 Å². The minimum atomic E-state index is -0.675. The summed E-state index contributed by atoms with van der Waals surface area (Å²) in [7, 11) is 0. The Morgan fingerprint density at radius 1 is 1.50 bits per heavy atom. The topological polar surface area (TPSA) is 59.4 Å². The number of ether oxygens (including phenoxy) is 1. The Hall–Kier alpha value is -1.95. The van der Waals surface area contributed by atoms with Gasteiger partial charge < -0.3 is 9.84 Å². The molecule has 0 bridgehead atoms. The van der Waals surface area contributed by atoms with Crippen LogP contribution in [0.25, 0.3) is 10.6 Å². The summed E-state index contributed by atoms with van der Waals surface area (Å²) in [6.45, 7) is 2.13. The summed E-state index contributed by atoms with van der Waals surface area (Å²) in [5.74, 6) is -1.31. The Morgan fingerprint density at radius 3 is 3.00 bits per heavy atom. The standard InChI is InChI=1S/C14H14FNO3S/c1-2-19-13(18)6-4-10-8-20-14(16-10)9-3-5-12(17)11(15)7-9/h3,5,7-8,17H,2,4,6H2,1H3. The highest BCUT2D eigenvalue weighted by Gasteiger charge is 2.09. The number of esters is 1. The van der Waals surface area contributed by atoms with Gasteiger partial charge in [0, 0.05) is 17.4 Å². The molecule has 1 N–H and O–H groups in total. The Balaban J connectivity index is 2.05. The van der Waals surface area contributed by atoms with Crippen LogP contribution in [0.3, 0.4) is 0 Å². The van der Waals surface area contributed by atoms with Crippen molar-refractivity contribution in [2.75, 3.05) is 6.61 Å². The lowest BCUT2D eigenvalue weighted by molar-refractivity contribution is -0.143. The van der Waals surface area contributed by atoms with Gasteiger partial charge in [0.25, 0.3) is 0 Å². The number of aromatic nitrogens is 1. The fourth-order valence-electron chi connectivity index (χ4n) is 1.66. The van der Waals surface area contributed by atoms with E-state index in [2.05, 4.69) is 4.98 Å². The zero-order chi connectivity index (χ0) is 14.5. The normalized spacial score (nSPS) is 10.5. The van der Waals surface area contributed by atoms with Crippen LogP contribution >= 0.6 is 11.3 Å². The van der Waals surface area contributed by atoms with Crippen molar-refractivity contribution in [1.29, 1.82) is 0 Å². The van der Waals surface area contributed by atoms with E-state index >= 15 is 0 Å². The lowest BCUT2D eigenvalue weighted by Crippen LogP contribution is -2.05. The minimum Gasteiger partial charge on any atom is -0.505 e.